The minimum absolute atomic E-state index is 0.316. The third-order valence-electron chi connectivity index (χ3n) is 3.51. The molecule has 0 saturated carbocycles. The van der Waals surface area contributed by atoms with Crippen LogP contribution < -0.4 is 0 Å². The monoisotopic (exact) mass is 280 g/mol. The van der Waals surface area contributed by atoms with Gasteiger partial charge >= 0.3 is 0 Å². The van der Waals surface area contributed by atoms with Crippen molar-refractivity contribution < 1.29 is 24.1 Å². The Morgan fingerprint density at radius 3 is 2.65 bits per heavy atom. The average molecular weight is 280 g/mol. The van der Waals surface area contributed by atoms with Crippen molar-refractivity contribution in [3.63, 3.8) is 0 Å². The molecule has 20 heavy (non-hydrogen) atoms. The molecule has 5 heteroatoms. The number of hydrogen-bond acceptors (Lipinski definition) is 5. The highest BCUT2D eigenvalue weighted by molar-refractivity contribution is 5.13. The van der Waals surface area contributed by atoms with Crippen LogP contribution in [0.1, 0.15) is 19.4 Å². The van der Waals surface area contributed by atoms with Gasteiger partial charge in [-0.3, -0.25) is 0 Å². The van der Waals surface area contributed by atoms with Gasteiger partial charge in [-0.25, -0.2) is 0 Å². The maximum absolute atomic E-state index is 10.2. The van der Waals surface area contributed by atoms with Crippen LogP contribution in [-0.4, -0.2) is 42.1 Å². The van der Waals surface area contributed by atoms with Crippen LogP contribution in [0.5, 0.6) is 0 Å². The summed E-state index contributed by atoms with van der Waals surface area (Å²) in [5.74, 6) is -0.702. The lowest BCUT2D eigenvalue weighted by Gasteiger charge is -2.22. The summed E-state index contributed by atoms with van der Waals surface area (Å²) in [4.78, 5) is 0. The Labute approximate surface area is 118 Å². The first-order valence-corrected chi connectivity index (χ1v) is 6.86. The van der Waals surface area contributed by atoms with E-state index in [0.29, 0.717) is 13.2 Å². The summed E-state index contributed by atoms with van der Waals surface area (Å²) in [7, 11) is 0. The molecule has 2 heterocycles. The second-order valence-corrected chi connectivity index (χ2v) is 5.63. The Hall–Kier alpha value is -0.980. The highest BCUT2D eigenvalue weighted by Gasteiger charge is 2.54. The van der Waals surface area contributed by atoms with Gasteiger partial charge in [-0.15, -0.1) is 0 Å². The Balaban J connectivity index is 1.49. The van der Waals surface area contributed by atoms with Crippen molar-refractivity contribution in [3.8, 4) is 0 Å². The van der Waals surface area contributed by atoms with E-state index < -0.39 is 30.4 Å². The van der Waals surface area contributed by atoms with E-state index in [9.17, 15) is 5.11 Å². The van der Waals surface area contributed by atoms with E-state index in [0.717, 1.165) is 5.56 Å². The van der Waals surface area contributed by atoms with E-state index in [-0.39, 0.29) is 0 Å². The van der Waals surface area contributed by atoms with E-state index in [2.05, 4.69) is 0 Å². The highest BCUT2D eigenvalue weighted by Crippen LogP contribution is 2.37. The maximum atomic E-state index is 10.2. The molecule has 2 saturated heterocycles. The summed E-state index contributed by atoms with van der Waals surface area (Å²) < 4.78 is 22.4. The molecule has 0 aromatic heterocycles. The van der Waals surface area contributed by atoms with E-state index in [1.54, 1.807) is 0 Å². The van der Waals surface area contributed by atoms with Gasteiger partial charge in [0.1, 0.15) is 18.3 Å². The predicted octanol–water partition coefficient (Wildman–Crippen LogP) is 1.44. The molecule has 1 aromatic carbocycles. The van der Waals surface area contributed by atoms with E-state index >= 15 is 0 Å². The van der Waals surface area contributed by atoms with Crippen molar-refractivity contribution in [1.29, 1.82) is 0 Å². The topological polar surface area (TPSA) is 57.2 Å². The number of aliphatic hydroxyl groups excluding tert-OH is 1. The lowest BCUT2D eigenvalue weighted by atomic mass is 10.1. The minimum atomic E-state index is -0.724. The average Bonchev–Trinajstić information content (AvgIpc) is 2.86. The van der Waals surface area contributed by atoms with Crippen LogP contribution >= 0.6 is 0 Å². The van der Waals surface area contributed by atoms with Crippen LogP contribution in [-0.2, 0) is 25.6 Å². The second-order valence-electron chi connectivity index (χ2n) is 5.63. The molecule has 1 N–H and O–H groups in total. The summed E-state index contributed by atoms with van der Waals surface area (Å²) in [6.45, 7) is 4.43. The summed E-state index contributed by atoms with van der Waals surface area (Å²) in [5.41, 5.74) is 1.09. The summed E-state index contributed by atoms with van der Waals surface area (Å²) in [6.07, 6.45) is -2.08. The minimum Gasteiger partial charge on any atom is -0.387 e. The summed E-state index contributed by atoms with van der Waals surface area (Å²) in [5, 5.41) is 10.2. The molecule has 2 aliphatic rings. The van der Waals surface area contributed by atoms with Crippen molar-refractivity contribution >= 4 is 0 Å². The fraction of sp³-hybridized carbons (Fsp3) is 0.600. The molecular formula is C15H20O5. The van der Waals surface area contributed by atoms with Crippen LogP contribution in [0.2, 0.25) is 0 Å². The van der Waals surface area contributed by atoms with Gasteiger partial charge in [0.25, 0.3) is 0 Å². The normalized spacial score (nSPS) is 35.1. The Morgan fingerprint density at radius 1 is 1.20 bits per heavy atom. The molecule has 5 nitrogen and oxygen atoms in total. The fourth-order valence-corrected chi connectivity index (χ4v) is 2.56. The van der Waals surface area contributed by atoms with E-state index in [1.165, 1.54) is 0 Å². The van der Waals surface area contributed by atoms with Crippen molar-refractivity contribution in [1.82, 2.24) is 0 Å². The van der Waals surface area contributed by atoms with Gasteiger partial charge in [0.2, 0.25) is 0 Å². The molecule has 2 fully saturated rings. The molecule has 0 amide bonds. The highest BCUT2D eigenvalue weighted by atomic mass is 16.8. The van der Waals surface area contributed by atoms with Crippen LogP contribution in [0.25, 0.3) is 0 Å². The van der Waals surface area contributed by atoms with Crippen LogP contribution in [0.4, 0.5) is 0 Å². The summed E-state index contributed by atoms with van der Waals surface area (Å²) in [6, 6.07) is 9.89. The number of ether oxygens (including phenoxy) is 4. The maximum Gasteiger partial charge on any atom is 0.190 e. The van der Waals surface area contributed by atoms with Crippen molar-refractivity contribution in [3.05, 3.63) is 35.9 Å². The molecule has 110 valence electrons. The smallest absolute Gasteiger partial charge is 0.190 e. The molecule has 4 atom stereocenters. The van der Waals surface area contributed by atoms with Crippen molar-refractivity contribution in [2.24, 2.45) is 0 Å². The van der Waals surface area contributed by atoms with Crippen LogP contribution in [0.15, 0.2) is 30.3 Å². The Morgan fingerprint density at radius 2 is 1.95 bits per heavy atom. The van der Waals surface area contributed by atoms with Gasteiger partial charge in [0.05, 0.1) is 13.2 Å². The number of hydrogen-bond donors (Lipinski definition) is 1. The first kappa shape index (κ1) is 14.0. The molecule has 0 aliphatic carbocycles. The SMILES string of the molecule is CC1(C)O[C@H]2O[C@H](COCc3ccccc3)C(O)[C@@H]2O1. The van der Waals surface area contributed by atoms with Crippen LogP contribution in [0, 0.1) is 0 Å². The van der Waals surface area contributed by atoms with Crippen LogP contribution in [0.3, 0.4) is 0 Å². The number of aliphatic hydroxyl groups is 1. The molecule has 0 bridgehead atoms. The zero-order valence-electron chi connectivity index (χ0n) is 11.7. The van der Waals surface area contributed by atoms with E-state index in [1.807, 2.05) is 44.2 Å². The zero-order valence-corrected chi connectivity index (χ0v) is 11.7. The predicted molar refractivity (Wildman–Crippen MR) is 70.8 cm³/mol. The van der Waals surface area contributed by atoms with Gasteiger partial charge in [-0.05, 0) is 19.4 Å². The lowest BCUT2D eigenvalue weighted by molar-refractivity contribution is -0.220. The fourth-order valence-electron chi connectivity index (χ4n) is 2.56. The molecule has 2 aliphatic heterocycles. The Bertz CT molecular complexity index is 447. The lowest BCUT2D eigenvalue weighted by Crippen LogP contribution is -2.36. The number of benzene rings is 1. The molecule has 1 aromatic rings. The molecule has 0 radical (unpaired) electrons. The second kappa shape index (κ2) is 5.42. The third-order valence-corrected chi connectivity index (χ3v) is 3.51. The van der Waals surface area contributed by atoms with Gasteiger partial charge in [0, 0.05) is 0 Å². The standard InChI is InChI=1S/C15H20O5/c1-15(2)19-13-12(16)11(18-14(13)20-15)9-17-8-10-6-4-3-5-7-10/h3-7,11-14,16H,8-9H2,1-2H3/t11-,12?,13+,14-/m1/s1. The first-order chi connectivity index (χ1) is 9.55. The van der Waals surface area contributed by atoms with E-state index in [4.69, 9.17) is 18.9 Å². The van der Waals surface area contributed by atoms with Crippen molar-refractivity contribution in [2.75, 3.05) is 6.61 Å². The number of fused-ring (bicyclic) bond motifs is 1. The molecule has 3 rings (SSSR count). The molecule has 1 unspecified atom stereocenters. The Kier molecular flexibility index (Phi) is 3.79. The molecular weight excluding hydrogens is 260 g/mol. The first-order valence-electron chi connectivity index (χ1n) is 6.86. The van der Waals surface area contributed by atoms with Crippen molar-refractivity contribution in [2.45, 2.75) is 50.8 Å². The zero-order chi connectivity index (χ0) is 14.2. The largest absolute Gasteiger partial charge is 0.387 e. The van der Waals surface area contributed by atoms with Gasteiger partial charge in [-0.2, -0.15) is 0 Å². The molecule has 0 spiro atoms. The summed E-state index contributed by atoms with van der Waals surface area (Å²) >= 11 is 0. The van der Waals surface area contributed by atoms with Gasteiger partial charge in [-0.1, -0.05) is 30.3 Å². The van der Waals surface area contributed by atoms with Gasteiger partial charge in [0.15, 0.2) is 12.1 Å². The number of rotatable bonds is 4. The quantitative estimate of drug-likeness (QED) is 0.904. The third kappa shape index (κ3) is 2.87. The van der Waals surface area contributed by atoms with Gasteiger partial charge < -0.3 is 24.1 Å².